The van der Waals surface area contributed by atoms with E-state index < -0.39 is 0 Å². The second kappa shape index (κ2) is 2.47. The van der Waals surface area contributed by atoms with Gasteiger partial charge in [0.1, 0.15) is 0 Å². The first-order valence-corrected chi connectivity index (χ1v) is 4.32. The van der Waals surface area contributed by atoms with E-state index in [1.807, 2.05) is 0 Å². The van der Waals surface area contributed by atoms with Gasteiger partial charge in [0.15, 0.2) is 0 Å². The summed E-state index contributed by atoms with van der Waals surface area (Å²) in [5, 5.41) is 5.09. The van der Waals surface area contributed by atoms with Crippen molar-refractivity contribution in [2.75, 3.05) is 0 Å². The Hall–Kier alpha value is -1.06. The van der Waals surface area contributed by atoms with Crippen molar-refractivity contribution in [1.29, 1.82) is 0 Å². The predicted molar refractivity (Wildman–Crippen MR) is 42.5 cm³/mol. The molecule has 0 unspecified atom stereocenters. The molecule has 0 radical (unpaired) electrons. The SMILES string of the molecule is O=C1CC2(CCCC2)NC(=O)N1. The number of rotatable bonds is 0. The molecule has 4 nitrogen and oxygen atoms in total. The highest BCUT2D eigenvalue weighted by molar-refractivity contribution is 5.97. The van der Waals surface area contributed by atoms with Gasteiger partial charge in [-0.15, -0.1) is 0 Å². The van der Waals surface area contributed by atoms with Gasteiger partial charge in [0.25, 0.3) is 0 Å². The first-order chi connectivity index (χ1) is 5.70. The zero-order valence-corrected chi connectivity index (χ0v) is 6.85. The van der Waals surface area contributed by atoms with Crippen molar-refractivity contribution < 1.29 is 9.59 Å². The van der Waals surface area contributed by atoms with Gasteiger partial charge >= 0.3 is 6.03 Å². The van der Waals surface area contributed by atoms with E-state index in [2.05, 4.69) is 10.6 Å². The quantitative estimate of drug-likeness (QED) is 0.554. The first kappa shape index (κ1) is 7.58. The molecule has 0 aromatic carbocycles. The highest BCUT2D eigenvalue weighted by Crippen LogP contribution is 2.33. The molecule has 1 saturated carbocycles. The fourth-order valence-electron chi connectivity index (χ4n) is 2.15. The first-order valence-electron chi connectivity index (χ1n) is 4.32. The Labute approximate surface area is 70.7 Å². The molecule has 2 rings (SSSR count). The fourth-order valence-corrected chi connectivity index (χ4v) is 2.15. The van der Waals surface area contributed by atoms with Crippen molar-refractivity contribution in [3.05, 3.63) is 0 Å². The molecule has 2 fully saturated rings. The average molecular weight is 168 g/mol. The largest absolute Gasteiger partial charge is 0.332 e. The summed E-state index contributed by atoms with van der Waals surface area (Å²) < 4.78 is 0. The van der Waals surface area contributed by atoms with Gasteiger partial charge in [-0.25, -0.2) is 4.79 Å². The van der Waals surface area contributed by atoms with E-state index in [1.165, 1.54) is 0 Å². The van der Waals surface area contributed by atoms with E-state index in [4.69, 9.17) is 0 Å². The molecular formula is C8H12N2O2. The van der Waals surface area contributed by atoms with Crippen LogP contribution >= 0.6 is 0 Å². The molecule has 2 aliphatic rings. The van der Waals surface area contributed by atoms with Crippen LogP contribution in [0.3, 0.4) is 0 Å². The van der Waals surface area contributed by atoms with Gasteiger partial charge in [0.2, 0.25) is 5.91 Å². The van der Waals surface area contributed by atoms with Gasteiger partial charge in [-0.05, 0) is 12.8 Å². The number of amides is 3. The number of imide groups is 1. The molecule has 0 aromatic heterocycles. The molecule has 1 saturated heterocycles. The molecule has 2 N–H and O–H groups in total. The van der Waals surface area contributed by atoms with Crippen LogP contribution in [0, 0.1) is 0 Å². The van der Waals surface area contributed by atoms with Crippen LogP contribution in [0.15, 0.2) is 0 Å². The minimum Gasteiger partial charge on any atom is -0.332 e. The molecule has 3 amide bonds. The van der Waals surface area contributed by atoms with Crippen LogP contribution in [0.2, 0.25) is 0 Å². The van der Waals surface area contributed by atoms with E-state index in [1.54, 1.807) is 0 Å². The van der Waals surface area contributed by atoms with E-state index in [-0.39, 0.29) is 17.5 Å². The normalized spacial score (nSPS) is 27.0. The maximum atomic E-state index is 11.1. The maximum absolute atomic E-state index is 11.1. The van der Waals surface area contributed by atoms with Gasteiger partial charge < -0.3 is 5.32 Å². The van der Waals surface area contributed by atoms with Crippen molar-refractivity contribution in [1.82, 2.24) is 10.6 Å². The summed E-state index contributed by atoms with van der Waals surface area (Å²) in [4.78, 5) is 22.1. The highest BCUT2D eigenvalue weighted by atomic mass is 16.2. The van der Waals surface area contributed by atoms with Crippen molar-refractivity contribution in [3.8, 4) is 0 Å². The molecule has 12 heavy (non-hydrogen) atoms. The number of carbonyl (C=O) groups is 2. The summed E-state index contributed by atoms with van der Waals surface area (Å²) in [6, 6.07) is -0.326. The summed E-state index contributed by atoms with van der Waals surface area (Å²) in [6.45, 7) is 0. The van der Waals surface area contributed by atoms with E-state index in [0.717, 1.165) is 25.7 Å². The van der Waals surface area contributed by atoms with Crippen molar-refractivity contribution in [2.24, 2.45) is 0 Å². The van der Waals surface area contributed by atoms with Crippen LogP contribution in [-0.4, -0.2) is 17.5 Å². The molecule has 1 aliphatic carbocycles. The lowest BCUT2D eigenvalue weighted by atomic mass is 9.91. The minimum atomic E-state index is -0.326. The zero-order chi connectivity index (χ0) is 8.60. The zero-order valence-electron chi connectivity index (χ0n) is 6.85. The van der Waals surface area contributed by atoms with Gasteiger partial charge in [-0.3, -0.25) is 10.1 Å². The Bertz CT molecular complexity index is 213. The highest BCUT2D eigenvalue weighted by Gasteiger charge is 2.40. The number of nitrogens with one attached hydrogen (secondary N) is 2. The third-order valence-electron chi connectivity index (χ3n) is 2.69. The smallest absolute Gasteiger partial charge is 0.321 e. The van der Waals surface area contributed by atoms with E-state index in [0.29, 0.717) is 6.42 Å². The third kappa shape index (κ3) is 1.17. The molecule has 0 atom stereocenters. The van der Waals surface area contributed by atoms with Crippen molar-refractivity contribution in [2.45, 2.75) is 37.6 Å². The number of hydrogen-bond donors (Lipinski definition) is 2. The molecule has 1 heterocycles. The van der Waals surface area contributed by atoms with Crippen LogP contribution in [0.25, 0.3) is 0 Å². The Kier molecular flexibility index (Phi) is 1.56. The monoisotopic (exact) mass is 168 g/mol. The van der Waals surface area contributed by atoms with E-state index in [9.17, 15) is 9.59 Å². The van der Waals surface area contributed by atoms with Crippen molar-refractivity contribution >= 4 is 11.9 Å². The lowest BCUT2D eigenvalue weighted by molar-refractivity contribution is -0.122. The van der Waals surface area contributed by atoms with Crippen LogP contribution in [0.5, 0.6) is 0 Å². The predicted octanol–water partition coefficient (Wildman–Crippen LogP) is 0.529. The molecule has 1 spiro atoms. The second-order valence-corrected chi connectivity index (χ2v) is 3.67. The summed E-state index contributed by atoms with van der Waals surface area (Å²) in [6.07, 6.45) is 4.60. The number of urea groups is 1. The number of hydrogen-bond acceptors (Lipinski definition) is 2. The van der Waals surface area contributed by atoms with Gasteiger partial charge in [0, 0.05) is 0 Å². The maximum Gasteiger partial charge on any atom is 0.321 e. The Morgan fingerprint density at radius 2 is 1.83 bits per heavy atom. The molecular weight excluding hydrogens is 156 g/mol. The summed E-state index contributed by atoms with van der Waals surface area (Å²) in [5.74, 6) is -0.138. The molecule has 0 aromatic rings. The minimum absolute atomic E-state index is 0.138. The standard InChI is InChI=1S/C8H12N2O2/c11-6-5-8(3-1-2-4-8)10-7(12)9-6/h1-5H2,(H2,9,10,11,12). The topological polar surface area (TPSA) is 58.2 Å². The van der Waals surface area contributed by atoms with Crippen LogP contribution in [0.1, 0.15) is 32.1 Å². The van der Waals surface area contributed by atoms with Crippen LogP contribution in [-0.2, 0) is 4.79 Å². The van der Waals surface area contributed by atoms with Crippen LogP contribution in [0.4, 0.5) is 4.79 Å². The van der Waals surface area contributed by atoms with Gasteiger partial charge in [-0.1, -0.05) is 12.8 Å². The van der Waals surface area contributed by atoms with Crippen molar-refractivity contribution in [3.63, 3.8) is 0 Å². The average Bonchev–Trinajstić information content (AvgIpc) is 2.33. The summed E-state index contributed by atoms with van der Waals surface area (Å²) in [7, 11) is 0. The lowest BCUT2D eigenvalue weighted by Gasteiger charge is -2.33. The second-order valence-electron chi connectivity index (χ2n) is 3.67. The molecule has 0 bridgehead atoms. The summed E-state index contributed by atoms with van der Waals surface area (Å²) in [5.41, 5.74) is -0.195. The van der Waals surface area contributed by atoms with Gasteiger partial charge in [-0.2, -0.15) is 0 Å². The summed E-state index contributed by atoms with van der Waals surface area (Å²) >= 11 is 0. The molecule has 4 heteroatoms. The fraction of sp³-hybridized carbons (Fsp3) is 0.750. The molecule has 66 valence electrons. The van der Waals surface area contributed by atoms with Gasteiger partial charge in [0.05, 0.1) is 12.0 Å². The Morgan fingerprint density at radius 3 is 2.42 bits per heavy atom. The Morgan fingerprint density at radius 1 is 1.17 bits per heavy atom. The third-order valence-corrected chi connectivity index (χ3v) is 2.69. The Balaban J connectivity index is 2.14. The lowest BCUT2D eigenvalue weighted by Crippen LogP contribution is -2.59. The van der Waals surface area contributed by atoms with E-state index >= 15 is 0 Å². The van der Waals surface area contributed by atoms with Crippen LogP contribution < -0.4 is 10.6 Å². The number of carbonyl (C=O) groups excluding carboxylic acids is 2. The molecule has 1 aliphatic heterocycles.